The van der Waals surface area contributed by atoms with Crippen molar-refractivity contribution in [3.05, 3.63) is 89.0 Å². The predicted octanol–water partition coefficient (Wildman–Crippen LogP) is 6.58. The van der Waals surface area contributed by atoms with E-state index < -0.39 is 52.9 Å². The summed E-state index contributed by atoms with van der Waals surface area (Å²) in [7, 11) is 0. The Balaban J connectivity index is 1.02. The van der Waals surface area contributed by atoms with Crippen LogP contribution in [0.5, 0.6) is 0 Å². The monoisotopic (exact) mass is 753 g/mol. The highest BCUT2D eigenvalue weighted by Gasteiger charge is 2.75. The summed E-state index contributed by atoms with van der Waals surface area (Å²) in [5.74, 6) is -1.27. The van der Waals surface area contributed by atoms with Crippen molar-refractivity contribution in [1.82, 2.24) is 0 Å². The Labute approximate surface area is 323 Å². The zero-order valence-corrected chi connectivity index (χ0v) is 32.8. The van der Waals surface area contributed by atoms with Crippen LogP contribution in [0.3, 0.4) is 0 Å². The SMILES string of the molecule is C[C@@H](CCC(=O)OC(C)(C)C)C(=O)Nc1cccc(Cc2ccc([C@@H]3O[C@@H]4C[C@H]5[C@@H]6CCC7=CC(=O)C=C[C@]7(C)[C@H]6[C@@H](O)C[C@]5(C)[C@]4(C(=O)CO)O3)cc2)c1. The smallest absolute Gasteiger partial charge is 0.306 e. The maximum atomic E-state index is 13.9. The van der Waals surface area contributed by atoms with Crippen LogP contribution < -0.4 is 5.32 Å². The number of benzene rings is 2. The Morgan fingerprint density at radius 3 is 2.53 bits per heavy atom. The first-order chi connectivity index (χ1) is 26.0. The van der Waals surface area contributed by atoms with Gasteiger partial charge in [0.15, 0.2) is 23.5 Å². The summed E-state index contributed by atoms with van der Waals surface area (Å²) in [6.07, 6.45) is 6.82. The van der Waals surface area contributed by atoms with Gasteiger partial charge in [-0.2, -0.15) is 0 Å². The van der Waals surface area contributed by atoms with Gasteiger partial charge >= 0.3 is 5.97 Å². The highest BCUT2D eigenvalue weighted by molar-refractivity contribution is 6.01. The number of nitrogens with one attached hydrogen (secondary N) is 1. The Morgan fingerprint density at radius 2 is 1.82 bits per heavy atom. The minimum atomic E-state index is -1.41. The molecular weight excluding hydrogens is 698 g/mol. The lowest BCUT2D eigenvalue weighted by Gasteiger charge is -2.59. The number of rotatable bonds is 10. The number of anilines is 1. The number of aliphatic hydroxyl groups excluding tert-OH is 2. The average molecular weight is 754 g/mol. The van der Waals surface area contributed by atoms with E-state index in [4.69, 9.17) is 14.2 Å². The number of fused-ring (bicyclic) bond motifs is 7. The molecule has 0 unspecified atom stereocenters. The van der Waals surface area contributed by atoms with Crippen molar-refractivity contribution in [1.29, 1.82) is 0 Å². The molecule has 2 aromatic rings. The van der Waals surface area contributed by atoms with Crippen molar-refractivity contribution < 1.29 is 43.6 Å². The normalized spacial score (nSPS) is 34.1. The molecule has 1 amide bonds. The van der Waals surface area contributed by atoms with Crippen LogP contribution in [0.1, 0.15) is 103 Å². The number of aliphatic hydroxyl groups is 2. The third-order valence-corrected chi connectivity index (χ3v) is 13.3. The van der Waals surface area contributed by atoms with Crippen molar-refractivity contribution in [2.24, 2.45) is 34.5 Å². The highest BCUT2D eigenvalue weighted by atomic mass is 16.7. The molecule has 3 N–H and O–H groups in total. The zero-order valence-electron chi connectivity index (χ0n) is 32.8. The molecule has 294 valence electrons. The minimum Gasteiger partial charge on any atom is -0.460 e. The molecule has 5 aliphatic rings. The van der Waals surface area contributed by atoms with Gasteiger partial charge < -0.3 is 29.7 Å². The first-order valence-corrected chi connectivity index (χ1v) is 19.8. The summed E-state index contributed by atoms with van der Waals surface area (Å²) in [6.45, 7) is 10.7. The summed E-state index contributed by atoms with van der Waals surface area (Å²) in [5, 5.41) is 25.2. The molecule has 4 fully saturated rings. The number of ether oxygens (including phenoxy) is 3. The topological polar surface area (TPSA) is 148 Å². The van der Waals surface area contributed by atoms with Crippen molar-refractivity contribution in [2.45, 2.75) is 116 Å². The molecule has 0 bridgehead atoms. The number of amides is 1. The molecule has 10 nitrogen and oxygen atoms in total. The Kier molecular flexibility index (Phi) is 10.4. The summed E-state index contributed by atoms with van der Waals surface area (Å²) >= 11 is 0. The number of carbonyl (C=O) groups excluding carboxylic acids is 4. The van der Waals surface area contributed by atoms with Crippen LogP contribution in [-0.2, 0) is 39.8 Å². The predicted molar refractivity (Wildman–Crippen MR) is 205 cm³/mol. The van der Waals surface area contributed by atoms with Gasteiger partial charge in [-0.1, -0.05) is 68.8 Å². The number of Topliss-reactive ketones (excluding diaryl/α,β-unsaturated/α-hetero) is 1. The van der Waals surface area contributed by atoms with Crippen LogP contribution in [-0.4, -0.2) is 63.7 Å². The third kappa shape index (κ3) is 7.04. The lowest BCUT2D eigenvalue weighted by atomic mass is 9.46. The number of hydrogen-bond donors (Lipinski definition) is 3. The van der Waals surface area contributed by atoms with Gasteiger partial charge in [-0.15, -0.1) is 0 Å². The molecule has 10 heteroatoms. The van der Waals surface area contributed by atoms with E-state index in [1.165, 1.54) is 0 Å². The van der Waals surface area contributed by atoms with Gasteiger partial charge in [-0.3, -0.25) is 19.2 Å². The zero-order chi connectivity index (χ0) is 39.5. The van der Waals surface area contributed by atoms with E-state index >= 15 is 0 Å². The van der Waals surface area contributed by atoms with E-state index in [9.17, 15) is 29.4 Å². The summed E-state index contributed by atoms with van der Waals surface area (Å²) < 4.78 is 18.8. The molecule has 1 heterocycles. The molecule has 1 aliphatic heterocycles. The van der Waals surface area contributed by atoms with Crippen LogP contribution in [0, 0.1) is 34.5 Å². The van der Waals surface area contributed by atoms with E-state index in [2.05, 4.69) is 12.2 Å². The number of esters is 1. The fourth-order valence-electron chi connectivity index (χ4n) is 10.7. The van der Waals surface area contributed by atoms with E-state index in [-0.39, 0.29) is 47.8 Å². The molecule has 0 aromatic heterocycles. The van der Waals surface area contributed by atoms with Crippen LogP contribution in [0.25, 0.3) is 0 Å². The van der Waals surface area contributed by atoms with E-state index in [1.54, 1.807) is 19.1 Å². The second-order valence-electron chi connectivity index (χ2n) is 18.0. The van der Waals surface area contributed by atoms with E-state index in [0.29, 0.717) is 31.4 Å². The van der Waals surface area contributed by atoms with Crippen LogP contribution in [0.4, 0.5) is 5.69 Å². The van der Waals surface area contributed by atoms with E-state index in [0.717, 1.165) is 35.1 Å². The second kappa shape index (κ2) is 14.5. The van der Waals surface area contributed by atoms with Crippen molar-refractivity contribution in [2.75, 3.05) is 11.9 Å². The molecule has 2 aromatic carbocycles. The minimum absolute atomic E-state index is 0.0137. The lowest BCUT2D eigenvalue weighted by molar-refractivity contribution is -0.201. The highest BCUT2D eigenvalue weighted by Crippen LogP contribution is 2.70. The number of hydrogen-bond acceptors (Lipinski definition) is 9. The quantitative estimate of drug-likeness (QED) is 0.229. The first kappa shape index (κ1) is 39.3. The Morgan fingerprint density at radius 1 is 1.07 bits per heavy atom. The van der Waals surface area contributed by atoms with Gasteiger partial charge in [0.25, 0.3) is 0 Å². The van der Waals surface area contributed by atoms with Gasteiger partial charge in [0.1, 0.15) is 12.2 Å². The molecule has 4 aliphatic carbocycles. The van der Waals surface area contributed by atoms with Crippen molar-refractivity contribution >= 4 is 29.1 Å². The average Bonchev–Trinajstić information content (AvgIpc) is 3.63. The maximum Gasteiger partial charge on any atom is 0.306 e. The largest absolute Gasteiger partial charge is 0.460 e. The first-order valence-electron chi connectivity index (χ1n) is 19.8. The lowest BCUT2D eigenvalue weighted by Crippen LogP contribution is -2.63. The van der Waals surface area contributed by atoms with Gasteiger partial charge in [0, 0.05) is 40.3 Å². The van der Waals surface area contributed by atoms with Crippen LogP contribution in [0.2, 0.25) is 0 Å². The molecule has 0 spiro atoms. The maximum absolute atomic E-state index is 13.9. The number of allylic oxidation sites excluding steroid dienone is 4. The Bertz CT molecular complexity index is 1910. The summed E-state index contributed by atoms with van der Waals surface area (Å²) in [5.41, 5.74) is 1.36. The van der Waals surface area contributed by atoms with Crippen LogP contribution in [0.15, 0.2) is 72.3 Å². The number of ketones is 2. The molecule has 1 saturated heterocycles. The van der Waals surface area contributed by atoms with Gasteiger partial charge in [-0.25, -0.2) is 0 Å². The Hall–Kier alpha value is -3.96. The molecular formula is C45H55NO9. The molecule has 7 rings (SSSR count). The molecule has 3 saturated carbocycles. The van der Waals surface area contributed by atoms with E-state index in [1.807, 2.05) is 82.3 Å². The van der Waals surface area contributed by atoms with Gasteiger partial charge in [0.2, 0.25) is 5.91 Å². The van der Waals surface area contributed by atoms with Crippen LogP contribution >= 0.6 is 0 Å². The fourth-order valence-corrected chi connectivity index (χ4v) is 10.7. The molecule has 55 heavy (non-hydrogen) atoms. The third-order valence-electron chi connectivity index (χ3n) is 13.3. The van der Waals surface area contributed by atoms with Gasteiger partial charge in [-0.05, 0) is 107 Å². The fraction of sp³-hybridized carbons (Fsp3) is 0.556. The number of carbonyl (C=O) groups is 4. The van der Waals surface area contributed by atoms with Gasteiger partial charge in [0.05, 0.1) is 12.2 Å². The van der Waals surface area contributed by atoms with Crippen molar-refractivity contribution in [3.63, 3.8) is 0 Å². The second-order valence-corrected chi connectivity index (χ2v) is 18.0. The van der Waals surface area contributed by atoms with Crippen molar-refractivity contribution in [3.8, 4) is 0 Å². The summed E-state index contributed by atoms with van der Waals surface area (Å²) in [6, 6.07) is 15.5. The molecule has 0 radical (unpaired) electrons. The molecule has 10 atom stereocenters. The summed E-state index contributed by atoms with van der Waals surface area (Å²) in [4.78, 5) is 51.2. The standard InChI is InChI=1S/C45H55NO9/c1-26(10-17-38(51)54-42(2,3)4)40(52)46-31-9-7-8-28(21-31)20-27-11-13-29(14-12-27)41-53-37-23-34-33-16-15-30-22-32(48)18-19-43(30,5)39(33)35(49)24-44(34,6)45(37,55-41)36(50)25-47/h7-9,11-14,18-19,21-22,26,33-35,37,39,41,47,49H,10,15-17,20,23-25H2,1-6H3,(H,46,52)/t26-,33-,34-,35-,37+,39+,41+,43-,44-,45+/m0/s1.